The van der Waals surface area contributed by atoms with Gasteiger partial charge < -0.3 is 10.1 Å². The van der Waals surface area contributed by atoms with E-state index in [1.54, 1.807) is 0 Å². The van der Waals surface area contributed by atoms with Crippen LogP contribution in [0.2, 0.25) is 0 Å². The molecule has 0 aromatic carbocycles. The maximum Gasteiger partial charge on any atom is 0.0496 e. The predicted molar refractivity (Wildman–Crippen MR) is 109 cm³/mol. The molecule has 0 saturated heterocycles. The molecule has 24 heavy (non-hydrogen) atoms. The van der Waals surface area contributed by atoms with Gasteiger partial charge >= 0.3 is 0 Å². The zero-order valence-electron chi connectivity index (χ0n) is 18.3. The summed E-state index contributed by atoms with van der Waals surface area (Å²) >= 11 is 0. The molecule has 0 amide bonds. The van der Waals surface area contributed by atoms with E-state index in [1.807, 2.05) is 7.05 Å². The standard InChI is InChI=1S/C22H47NO/c1-18(15-21(3,4)5)11-12-20(17-24-14-10-13-23-9)19(2)16-22(6,7)8/h18-20,23H,10-17H2,1-9H3. The smallest absolute Gasteiger partial charge is 0.0496 e. The van der Waals surface area contributed by atoms with Crippen molar-refractivity contribution in [2.24, 2.45) is 28.6 Å². The van der Waals surface area contributed by atoms with Crippen molar-refractivity contribution in [2.45, 2.75) is 87.5 Å². The van der Waals surface area contributed by atoms with Gasteiger partial charge in [0.1, 0.15) is 0 Å². The largest absolute Gasteiger partial charge is 0.381 e. The van der Waals surface area contributed by atoms with Crippen LogP contribution >= 0.6 is 0 Å². The Hall–Kier alpha value is -0.0800. The van der Waals surface area contributed by atoms with Gasteiger partial charge in [-0.05, 0) is 67.9 Å². The summed E-state index contributed by atoms with van der Waals surface area (Å²) in [5.41, 5.74) is 0.844. The fourth-order valence-electron chi connectivity index (χ4n) is 3.90. The van der Waals surface area contributed by atoms with E-state index >= 15 is 0 Å². The Morgan fingerprint density at radius 1 is 0.875 bits per heavy atom. The highest BCUT2D eigenvalue weighted by molar-refractivity contribution is 4.75. The predicted octanol–water partition coefficient (Wildman–Crippen LogP) is 6.15. The Balaban J connectivity index is 4.45. The Morgan fingerprint density at radius 2 is 1.46 bits per heavy atom. The lowest BCUT2D eigenvalue weighted by atomic mass is 9.76. The molecule has 2 heteroatoms. The Bertz CT molecular complexity index is 300. The van der Waals surface area contributed by atoms with E-state index in [0.29, 0.717) is 16.7 Å². The van der Waals surface area contributed by atoms with Crippen LogP contribution in [-0.4, -0.2) is 26.8 Å². The lowest BCUT2D eigenvalue weighted by Crippen LogP contribution is -2.24. The molecule has 0 fully saturated rings. The van der Waals surface area contributed by atoms with Crippen molar-refractivity contribution in [1.82, 2.24) is 5.32 Å². The molecule has 3 unspecified atom stereocenters. The highest BCUT2D eigenvalue weighted by atomic mass is 16.5. The highest BCUT2D eigenvalue weighted by Gasteiger charge is 2.24. The fraction of sp³-hybridized carbons (Fsp3) is 1.00. The summed E-state index contributed by atoms with van der Waals surface area (Å²) in [6, 6.07) is 0. The summed E-state index contributed by atoms with van der Waals surface area (Å²) in [7, 11) is 2.00. The minimum atomic E-state index is 0.404. The van der Waals surface area contributed by atoms with Crippen LogP contribution in [0.3, 0.4) is 0 Å². The Morgan fingerprint density at radius 3 is 1.96 bits per heavy atom. The zero-order valence-corrected chi connectivity index (χ0v) is 18.3. The lowest BCUT2D eigenvalue weighted by Gasteiger charge is -2.31. The second kappa shape index (κ2) is 11.5. The fourth-order valence-corrected chi connectivity index (χ4v) is 3.90. The van der Waals surface area contributed by atoms with E-state index in [-0.39, 0.29) is 0 Å². The van der Waals surface area contributed by atoms with Crippen LogP contribution in [-0.2, 0) is 4.74 Å². The van der Waals surface area contributed by atoms with E-state index in [2.05, 4.69) is 60.7 Å². The summed E-state index contributed by atoms with van der Waals surface area (Å²) in [5.74, 6) is 2.23. The van der Waals surface area contributed by atoms with Crippen LogP contribution in [0.4, 0.5) is 0 Å². The van der Waals surface area contributed by atoms with E-state index in [1.165, 1.54) is 25.7 Å². The summed E-state index contributed by atoms with van der Waals surface area (Å²) in [6.07, 6.45) is 6.34. The van der Waals surface area contributed by atoms with Crippen molar-refractivity contribution in [2.75, 3.05) is 26.8 Å². The average molecular weight is 342 g/mol. The topological polar surface area (TPSA) is 21.3 Å². The van der Waals surface area contributed by atoms with Gasteiger partial charge in [0, 0.05) is 13.2 Å². The highest BCUT2D eigenvalue weighted by Crippen LogP contribution is 2.33. The molecule has 0 heterocycles. The van der Waals surface area contributed by atoms with Crippen molar-refractivity contribution >= 4 is 0 Å². The summed E-state index contributed by atoms with van der Waals surface area (Å²) in [5, 5.41) is 3.19. The first kappa shape index (κ1) is 23.9. The molecule has 0 rings (SSSR count). The number of hydrogen-bond donors (Lipinski definition) is 1. The molecule has 3 atom stereocenters. The first-order valence-electron chi connectivity index (χ1n) is 10.2. The van der Waals surface area contributed by atoms with Gasteiger partial charge in [-0.15, -0.1) is 0 Å². The van der Waals surface area contributed by atoms with Gasteiger partial charge in [-0.1, -0.05) is 61.8 Å². The summed E-state index contributed by atoms with van der Waals surface area (Å²) in [4.78, 5) is 0. The Kier molecular flexibility index (Phi) is 11.5. The van der Waals surface area contributed by atoms with E-state index in [4.69, 9.17) is 4.74 Å². The van der Waals surface area contributed by atoms with Crippen LogP contribution in [0.1, 0.15) is 87.5 Å². The quantitative estimate of drug-likeness (QED) is 0.430. The Labute approximate surface area is 153 Å². The van der Waals surface area contributed by atoms with E-state index in [0.717, 1.165) is 38.0 Å². The van der Waals surface area contributed by atoms with Crippen LogP contribution in [0.25, 0.3) is 0 Å². The number of rotatable bonds is 12. The van der Waals surface area contributed by atoms with Gasteiger partial charge in [0.15, 0.2) is 0 Å². The first-order chi connectivity index (χ1) is 10.9. The van der Waals surface area contributed by atoms with Crippen molar-refractivity contribution < 1.29 is 4.74 Å². The zero-order chi connectivity index (χ0) is 18.8. The number of hydrogen-bond acceptors (Lipinski definition) is 2. The molecule has 0 aromatic heterocycles. The lowest BCUT2D eigenvalue weighted by molar-refractivity contribution is 0.0616. The van der Waals surface area contributed by atoms with Crippen LogP contribution in [0, 0.1) is 28.6 Å². The normalized spacial score (nSPS) is 16.9. The first-order valence-corrected chi connectivity index (χ1v) is 10.2. The van der Waals surface area contributed by atoms with Gasteiger partial charge in [0.2, 0.25) is 0 Å². The summed E-state index contributed by atoms with van der Waals surface area (Å²) in [6.45, 7) is 21.9. The van der Waals surface area contributed by atoms with Crippen molar-refractivity contribution in [3.05, 3.63) is 0 Å². The molecule has 1 N–H and O–H groups in total. The number of nitrogens with one attached hydrogen (secondary N) is 1. The van der Waals surface area contributed by atoms with Crippen molar-refractivity contribution in [3.63, 3.8) is 0 Å². The molecule has 2 nitrogen and oxygen atoms in total. The molecule has 146 valence electrons. The second-order valence-electron chi connectivity index (χ2n) is 10.5. The number of ether oxygens (including phenoxy) is 1. The molecule has 0 aliphatic heterocycles. The average Bonchev–Trinajstić information content (AvgIpc) is 2.37. The minimum Gasteiger partial charge on any atom is -0.381 e. The van der Waals surface area contributed by atoms with Crippen LogP contribution < -0.4 is 5.32 Å². The molecule has 0 bridgehead atoms. The molecular weight excluding hydrogens is 294 g/mol. The van der Waals surface area contributed by atoms with Gasteiger partial charge in [-0.2, -0.15) is 0 Å². The molecular formula is C22H47NO. The monoisotopic (exact) mass is 341 g/mol. The van der Waals surface area contributed by atoms with Gasteiger partial charge in [-0.3, -0.25) is 0 Å². The van der Waals surface area contributed by atoms with Gasteiger partial charge in [0.05, 0.1) is 0 Å². The molecule has 0 aromatic rings. The van der Waals surface area contributed by atoms with Crippen LogP contribution in [0.5, 0.6) is 0 Å². The SMILES string of the molecule is CNCCCOCC(CCC(C)CC(C)(C)C)C(C)CC(C)(C)C. The van der Waals surface area contributed by atoms with Gasteiger partial charge in [-0.25, -0.2) is 0 Å². The van der Waals surface area contributed by atoms with E-state index in [9.17, 15) is 0 Å². The van der Waals surface area contributed by atoms with Crippen molar-refractivity contribution in [1.29, 1.82) is 0 Å². The summed E-state index contributed by atoms with van der Waals surface area (Å²) < 4.78 is 6.03. The third-order valence-electron chi connectivity index (χ3n) is 4.78. The van der Waals surface area contributed by atoms with E-state index < -0.39 is 0 Å². The molecule has 0 radical (unpaired) electrons. The minimum absolute atomic E-state index is 0.404. The molecule has 0 spiro atoms. The van der Waals surface area contributed by atoms with Crippen LogP contribution in [0.15, 0.2) is 0 Å². The maximum atomic E-state index is 6.03. The molecule has 0 aliphatic carbocycles. The third-order valence-corrected chi connectivity index (χ3v) is 4.78. The molecule has 0 aliphatic rings. The molecule has 0 saturated carbocycles. The third kappa shape index (κ3) is 14.3. The van der Waals surface area contributed by atoms with Gasteiger partial charge in [0.25, 0.3) is 0 Å². The van der Waals surface area contributed by atoms with Crippen molar-refractivity contribution in [3.8, 4) is 0 Å². The maximum absolute atomic E-state index is 6.03. The second-order valence-corrected chi connectivity index (χ2v) is 10.5.